The second-order valence-electron chi connectivity index (χ2n) is 5.37. The van der Waals surface area contributed by atoms with Crippen LogP contribution in [0.4, 0.5) is 0 Å². The second kappa shape index (κ2) is 5.69. The highest BCUT2D eigenvalue weighted by Gasteiger charge is 2.11. The predicted octanol–water partition coefficient (Wildman–Crippen LogP) is 2.71. The lowest BCUT2D eigenvalue weighted by atomic mass is 10.2. The number of fused-ring (bicyclic) bond motifs is 1. The molecule has 21 heavy (non-hydrogen) atoms. The van der Waals surface area contributed by atoms with Gasteiger partial charge in [-0.05, 0) is 25.5 Å². The quantitative estimate of drug-likeness (QED) is 0.783. The molecule has 0 spiro atoms. The van der Waals surface area contributed by atoms with Crippen LogP contribution in [0.15, 0.2) is 36.5 Å². The Morgan fingerprint density at radius 3 is 2.76 bits per heavy atom. The van der Waals surface area contributed by atoms with Gasteiger partial charge in [0.25, 0.3) is 0 Å². The number of benzene rings is 1. The van der Waals surface area contributed by atoms with Gasteiger partial charge in [-0.3, -0.25) is 9.36 Å². The topological polar surface area (TPSA) is 61.7 Å². The molecule has 110 valence electrons. The van der Waals surface area contributed by atoms with Crippen molar-refractivity contribution in [2.75, 3.05) is 0 Å². The molecular formula is C16H21N5. The van der Waals surface area contributed by atoms with Crippen molar-refractivity contribution in [2.24, 2.45) is 5.73 Å². The van der Waals surface area contributed by atoms with Crippen LogP contribution in [-0.4, -0.2) is 19.6 Å². The summed E-state index contributed by atoms with van der Waals surface area (Å²) in [5.41, 5.74) is 8.85. The number of para-hydroxylation sites is 1. The molecule has 2 N–H and O–H groups in total. The average Bonchev–Trinajstić information content (AvgIpc) is 3.12. The molecule has 0 bridgehead atoms. The summed E-state index contributed by atoms with van der Waals surface area (Å²) >= 11 is 0. The van der Waals surface area contributed by atoms with Crippen LogP contribution in [-0.2, 0) is 13.1 Å². The fourth-order valence-electron chi connectivity index (χ4n) is 2.52. The Kier molecular flexibility index (Phi) is 3.75. The van der Waals surface area contributed by atoms with Gasteiger partial charge in [-0.25, -0.2) is 0 Å². The standard InChI is InChI=1S/C16H21N5/c1-3-12(2)20-9-8-13(18-20)11-21-16-7-5-4-6-14(16)15(10-17)19-21/h4-9,12H,3,10-11,17H2,1-2H3. The van der Waals surface area contributed by atoms with E-state index in [0.717, 1.165) is 28.7 Å². The molecule has 0 fully saturated rings. The molecule has 3 aromatic rings. The molecule has 1 aromatic carbocycles. The molecule has 5 heteroatoms. The third kappa shape index (κ3) is 2.56. The Bertz CT molecular complexity index is 740. The lowest BCUT2D eigenvalue weighted by molar-refractivity contribution is 0.471. The molecule has 0 radical (unpaired) electrons. The number of hydrogen-bond donors (Lipinski definition) is 1. The molecule has 1 atom stereocenters. The summed E-state index contributed by atoms with van der Waals surface area (Å²) < 4.78 is 4.01. The van der Waals surface area contributed by atoms with Crippen molar-refractivity contribution < 1.29 is 0 Å². The summed E-state index contributed by atoms with van der Waals surface area (Å²) in [4.78, 5) is 0. The van der Waals surface area contributed by atoms with Crippen LogP contribution in [0.5, 0.6) is 0 Å². The van der Waals surface area contributed by atoms with Crippen molar-refractivity contribution in [1.82, 2.24) is 19.6 Å². The molecule has 2 heterocycles. The van der Waals surface area contributed by atoms with Crippen LogP contribution in [0.2, 0.25) is 0 Å². The Morgan fingerprint density at radius 1 is 1.19 bits per heavy atom. The molecule has 0 saturated heterocycles. The minimum absolute atomic E-state index is 0.424. The Hall–Kier alpha value is -2.14. The molecule has 0 saturated carbocycles. The highest BCUT2D eigenvalue weighted by Crippen LogP contribution is 2.19. The zero-order valence-corrected chi connectivity index (χ0v) is 12.5. The van der Waals surface area contributed by atoms with Crippen molar-refractivity contribution >= 4 is 10.9 Å². The van der Waals surface area contributed by atoms with Gasteiger partial charge < -0.3 is 5.73 Å². The van der Waals surface area contributed by atoms with Gasteiger partial charge in [-0.15, -0.1) is 0 Å². The third-order valence-corrected chi connectivity index (χ3v) is 3.95. The third-order valence-electron chi connectivity index (χ3n) is 3.95. The largest absolute Gasteiger partial charge is 0.325 e. The summed E-state index contributed by atoms with van der Waals surface area (Å²) in [5, 5.41) is 10.4. The molecule has 0 aliphatic carbocycles. The number of rotatable bonds is 5. The molecule has 5 nitrogen and oxygen atoms in total. The van der Waals surface area contributed by atoms with Crippen molar-refractivity contribution in [1.29, 1.82) is 0 Å². The van der Waals surface area contributed by atoms with Crippen molar-refractivity contribution in [2.45, 2.75) is 39.4 Å². The maximum Gasteiger partial charge on any atom is 0.0857 e. The Morgan fingerprint density at radius 2 is 2.00 bits per heavy atom. The minimum Gasteiger partial charge on any atom is -0.325 e. The second-order valence-corrected chi connectivity index (χ2v) is 5.37. The van der Waals surface area contributed by atoms with Crippen LogP contribution in [0.25, 0.3) is 10.9 Å². The fraction of sp³-hybridized carbons (Fsp3) is 0.375. The van der Waals surface area contributed by atoms with Crippen LogP contribution < -0.4 is 5.73 Å². The highest BCUT2D eigenvalue weighted by atomic mass is 15.3. The van der Waals surface area contributed by atoms with E-state index in [4.69, 9.17) is 5.73 Å². The highest BCUT2D eigenvalue weighted by molar-refractivity contribution is 5.81. The predicted molar refractivity (Wildman–Crippen MR) is 84.0 cm³/mol. The van der Waals surface area contributed by atoms with Crippen LogP contribution in [0, 0.1) is 0 Å². The van der Waals surface area contributed by atoms with E-state index < -0.39 is 0 Å². The van der Waals surface area contributed by atoms with E-state index >= 15 is 0 Å². The summed E-state index contributed by atoms with van der Waals surface area (Å²) in [7, 11) is 0. The van der Waals surface area contributed by atoms with E-state index in [1.807, 2.05) is 27.7 Å². The van der Waals surface area contributed by atoms with E-state index in [9.17, 15) is 0 Å². The van der Waals surface area contributed by atoms with E-state index in [1.54, 1.807) is 0 Å². The van der Waals surface area contributed by atoms with Gasteiger partial charge in [0.15, 0.2) is 0 Å². The zero-order chi connectivity index (χ0) is 14.8. The van der Waals surface area contributed by atoms with Gasteiger partial charge >= 0.3 is 0 Å². The fourth-order valence-corrected chi connectivity index (χ4v) is 2.52. The van der Waals surface area contributed by atoms with Gasteiger partial charge in [-0.1, -0.05) is 25.1 Å². The lowest BCUT2D eigenvalue weighted by Crippen LogP contribution is -2.07. The summed E-state index contributed by atoms with van der Waals surface area (Å²) in [6.45, 7) is 5.46. The average molecular weight is 283 g/mol. The van der Waals surface area contributed by atoms with Gasteiger partial charge in [0.1, 0.15) is 0 Å². The van der Waals surface area contributed by atoms with Crippen molar-refractivity contribution in [3.8, 4) is 0 Å². The first-order valence-corrected chi connectivity index (χ1v) is 7.41. The lowest BCUT2D eigenvalue weighted by Gasteiger charge is -2.08. The van der Waals surface area contributed by atoms with Gasteiger partial charge in [0.05, 0.1) is 23.4 Å². The van der Waals surface area contributed by atoms with Crippen LogP contribution >= 0.6 is 0 Å². The number of nitrogens with zero attached hydrogens (tertiary/aromatic N) is 4. The first kappa shape index (κ1) is 13.8. The molecular weight excluding hydrogens is 262 g/mol. The van der Waals surface area contributed by atoms with Gasteiger partial charge in [-0.2, -0.15) is 10.2 Å². The Labute approximate surface area is 124 Å². The van der Waals surface area contributed by atoms with Crippen LogP contribution in [0.1, 0.15) is 37.7 Å². The van der Waals surface area contributed by atoms with E-state index in [0.29, 0.717) is 19.1 Å². The monoisotopic (exact) mass is 283 g/mol. The number of nitrogens with two attached hydrogens (primary N) is 1. The molecule has 0 aliphatic heterocycles. The zero-order valence-electron chi connectivity index (χ0n) is 12.5. The molecule has 3 rings (SSSR count). The van der Waals surface area contributed by atoms with E-state index in [1.165, 1.54) is 0 Å². The van der Waals surface area contributed by atoms with Gasteiger partial charge in [0.2, 0.25) is 0 Å². The SMILES string of the molecule is CCC(C)n1ccc(Cn2nc(CN)c3ccccc32)n1. The number of aromatic nitrogens is 4. The van der Waals surface area contributed by atoms with E-state index in [2.05, 4.69) is 42.2 Å². The maximum atomic E-state index is 5.79. The Balaban J connectivity index is 1.93. The van der Waals surface area contributed by atoms with Crippen molar-refractivity contribution in [3.63, 3.8) is 0 Å². The molecule has 2 aromatic heterocycles. The van der Waals surface area contributed by atoms with E-state index in [-0.39, 0.29) is 0 Å². The molecule has 0 aliphatic rings. The maximum absolute atomic E-state index is 5.79. The summed E-state index contributed by atoms with van der Waals surface area (Å²) in [6, 6.07) is 10.7. The smallest absolute Gasteiger partial charge is 0.0857 e. The van der Waals surface area contributed by atoms with Gasteiger partial charge in [0, 0.05) is 24.2 Å². The van der Waals surface area contributed by atoms with Crippen LogP contribution in [0.3, 0.4) is 0 Å². The minimum atomic E-state index is 0.424. The van der Waals surface area contributed by atoms with Crippen molar-refractivity contribution in [3.05, 3.63) is 47.9 Å². The summed E-state index contributed by atoms with van der Waals surface area (Å²) in [6.07, 6.45) is 3.11. The first-order valence-electron chi connectivity index (χ1n) is 7.41. The normalized spacial score (nSPS) is 12.9. The number of hydrogen-bond acceptors (Lipinski definition) is 3. The molecule has 1 unspecified atom stereocenters. The molecule has 0 amide bonds. The summed E-state index contributed by atoms with van der Waals surface area (Å²) in [5.74, 6) is 0. The first-order chi connectivity index (χ1) is 10.2.